The Hall–Kier alpha value is -1.29. The lowest BCUT2D eigenvalue weighted by atomic mass is 9.76. The first kappa shape index (κ1) is 12.5. The number of aliphatic imine (C=N–C) groups is 1. The van der Waals surface area contributed by atoms with Crippen LogP contribution in [0.3, 0.4) is 0 Å². The lowest BCUT2D eigenvalue weighted by Crippen LogP contribution is -2.46. The number of thioether (sulfide) groups is 1. The summed E-state index contributed by atoms with van der Waals surface area (Å²) in [7, 11) is 0. The van der Waals surface area contributed by atoms with Gasteiger partial charge in [0.15, 0.2) is 5.17 Å². The number of fused-ring (bicyclic) bond motifs is 2. The molecule has 1 amide bonds. The molecule has 2 heterocycles. The van der Waals surface area contributed by atoms with Gasteiger partial charge in [-0.05, 0) is 18.4 Å². The Morgan fingerprint density at radius 1 is 1.15 bits per heavy atom. The molecule has 2 fully saturated rings. The molecule has 1 saturated heterocycles. The Morgan fingerprint density at radius 3 is 2.80 bits per heavy atom. The smallest absolute Gasteiger partial charge is 0.239 e. The molecule has 0 radical (unpaired) electrons. The standard InChI is InChI=1S/C16H18N2OS/c19-14-10-20-16-17-13-9-5-4-8-12(13)15(18(14)16)11-6-2-1-3-7-11/h1-3,6-7,12-13,15H,4-5,8-10H2. The van der Waals surface area contributed by atoms with Gasteiger partial charge in [0, 0.05) is 5.92 Å². The minimum atomic E-state index is 0.205. The molecule has 1 saturated carbocycles. The van der Waals surface area contributed by atoms with Crippen LogP contribution in [0.2, 0.25) is 0 Å². The van der Waals surface area contributed by atoms with Crippen molar-refractivity contribution in [2.24, 2.45) is 10.9 Å². The Kier molecular flexibility index (Phi) is 3.06. The van der Waals surface area contributed by atoms with Crippen LogP contribution in [0.25, 0.3) is 0 Å². The fraction of sp³-hybridized carbons (Fsp3) is 0.500. The molecule has 2 aliphatic heterocycles. The number of benzene rings is 1. The van der Waals surface area contributed by atoms with Crippen LogP contribution in [0, 0.1) is 5.92 Å². The maximum atomic E-state index is 12.3. The average molecular weight is 286 g/mol. The van der Waals surface area contributed by atoms with E-state index in [0.29, 0.717) is 17.7 Å². The Morgan fingerprint density at radius 2 is 1.95 bits per heavy atom. The van der Waals surface area contributed by atoms with Crippen LogP contribution in [0.5, 0.6) is 0 Å². The van der Waals surface area contributed by atoms with Crippen molar-refractivity contribution in [2.75, 3.05) is 5.75 Å². The van der Waals surface area contributed by atoms with Gasteiger partial charge in [-0.3, -0.25) is 14.7 Å². The Bertz CT molecular complexity index is 557. The van der Waals surface area contributed by atoms with Gasteiger partial charge in [0.2, 0.25) is 5.91 Å². The highest BCUT2D eigenvalue weighted by Crippen LogP contribution is 2.46. The molecule has 4 rings (SSSR count). The molecule has 3 aliphatic rings. The first-order valence-corrected chi connectivity index (χ1v) is 8.41. The van der Waals surface area contributed by atoms with Crippen LogP contribution < -0.4 is 0 Å². The summed E-state index contributed by atoms with van der Waals surface area (Å²) in [5.74, 6) is 1.28. The van der Waals surface area contributed by atoms with Gasteiger partial charge >= 0.3 is 0 Å². The second-order valence-corrected chi connectivity index (χ2v) is 6.78. The Labute approximate surface area is 123 Å². The number of rotatable bonds is 1. The largest absolute Gasteiger partial charge is 0.283 e. The van der Waals surface area contributed by atoms with Crippen LogP contribution in [0.1, 0.15) is 37.3 Å². The van der Waals surface area contributed by atoms with Gasteiger partial charge in [0.25, 0.3) is 0 Å². The molecule has 0 spiro atoms. The monoisotopic (exact) mass is 286 g/mol. The van der Waals surface area contributed by atoms with Gasteiger partial charge in [-0.2, -0.15) is 0 Å². The van der Waals surface area contributed by atoms with Gasteiger partial charge < -0.3 is 0 Å². The third kappa shape index (κ3) is 1.89. The van der Waals surface area contributed by atoms with Crippen LogP contribution >= 0.6 is 11.8 Å². The van der Waals surface area contributed by atoms with Gasteiger partial charge in [-0.15, -0.1) is 0 Å². The number of carbonyl (C=O) groups is 1. The van der Waals surface area contributed by atoms with Crippen LogP contribution in [-0.4, -0.2) is 27.8 Å². The van der Waals surface area contributed by atoms with Crippen molar-refractivity contribution in [1.29, 1.82) is 0 Å². The second-order valence-electron chi connectivity index (χ2n) is 5.84. The van der Waals surface area contributed by atoms with Crippen molar-refractivity contribution in [2.45, 2.75) is 37.8 Å². The van der Waals surface area contributed by atoms with Gasteiger partial charge in [-0.25, -0.2) is 0 Å². The summed E-state index contributed by atoms with van der Waals surface area (Å²) in [6, 6.07) is 11.1. The third-order valence-corrected chi connectivity index (χ3v) is 5.63. The second kappa shape index (κ2) is 4.92. The summed E-state index contributed by atoms with van der Waals surface area (Å²) in [4.78, 5) is 19.1. The quantitative estimate of drug-likeness (QED) is 0.794. The molecular formula is C16H18N2OS. The molecule has 0 aromatic heterocycles. The van der Waals surface area contributed by atoms with Gasteiger partial charge in [-0.1, -0.05) is 54.9 Å². The van der Waals surface area contributed by atoms with E-state index >= 15 is 0 Å². The maximum absolute atomic E-state index is 12.3. The lowest BCUT2D eigenvalue weighted by molar-refractivity contribution is -0.127. The zero-order valence-electron chi connectivity index (χ0n) is 11.4. The van der Waals surface area contributed by atoms with E-state index in [-0.39, 0.29) is 11.9 Å². The molecule has 3 atom stereocenters. The van der Waals surface area contributed by atoms with Gasteiger partial charge in [0.1, 0.15) is 0 Å². The Balaban J connectivity index is 1.80. The van der Waals surface area contributed by atoms with Crippen LogP contribution in [-0.2, 0) is 4.79 Å². The van der Waals surface area contributed by atoms with E-state index in [1.54, 1.807) is 11.8 Å². The van der Waals surface area contributed by atoms with E-state index in [0.717, 1.165) is 5.17 Å². The first-order chi connectivity index (χ1) is 9.84. The molecular weight excluding hydrogens is 268 g/mol. The minimum absolute atomic E-state index is 0.205. The van der Waals surface area contributed by atoms with Crippen LogP contribution in [0.4, 0.5) is 0 Å². The number of amidine groups is 1. The molecule has 104 valence electrons. The van der Waals surface area contributed by atoms with E-state index in [9.17, 15) is 4.79 Å². The molecule has 1 aromatic rings. The SMILES string of the molecule is O=C1CSC2=NC3CCCCC3C(c3ccccc3)N12. The predicted octanol–water partition coefficient (Wildman–Crippen LogP) is 3.23. The molecule has 0 N–H and O–H groups in total. The zero-order valence-corrected chi connectivity index (χ0v) is 12.2. The molecule has 3 unspecified atom stereocenters. The predicted molar refractivity (Wildman–Crippen MR) is 81.7 cm³/mol. The van der Waals surface area contributed by atoms with Crippen molar-refractivity contribution >= 4 is 22.8 Å². The number of hydrogen-bond donors (Lipinski definition) is 0. The molecule has 0 bridgehead atoms. The topological polar surface area (TPSA) is 32.7 Å². The highest BCUT2D eigenvalue weighted by Gasteiger charge is 2.46. The number of hydrogen-bond acceptors (Lipinski definition) is 3. The normalized spacial score (nSPS) is 32.6. The number of amides is 1. The summed E-state index contributed by atoms with van der Waals surface area (Å²) in [5.41, 5.74) is 1.27. The number of nitrogens with zero attached hydrogens (tertiary/aromatic N) is 2. The fourth-order valence-corrected chi connectivity index (χ4v) is 4.75. The lowest BCUT2D eigenvalue weighted by Gasteiger charge is -2.43. The van der Waals surface area contributed by atoms with E-state index in [1.165, 1.54) is 31.2 Å². The van der Waals surface area contributed by atoms with Crippen molar-refractivity contribution in [3.63, 3.8) is 0 Å². The van der Waals surface area contributed by atoms with E-state index < -0.39 is 0 Å². The molecule has 1 aromatic carbocycles. The van der Waals surface area contributed by atoms with E-state index in [4.69, 9.17) is 4.99 Å². The van der Waals surface area contributed by atoms with Crippen molar-refractivity contribution in [1.82, 2.24) is 4.90 Å². The van der Waals surface area contributed by atoms with E-state index in [2.05, 4.69) is 24.3 Å². The van der Waals surface area contributed by atoms with Gasteiger partial charge in [0.05, 0.1) is 17.8 Å². The van der Waals surface area contributed by atoms with Crippen molar-refractivity contribution < 1.29 is 4.79 Å². The molecule has 20 heavy (non-hydrogen) atoms. The van der Waals surface area contributed by atoms with Crippen LogP contribution in [0.15, 0.2) is 35.3 Å². The highest BCUT2D eigenvalue weighted by atomic mass is 32.2. The minimum Gasteiger partial charge on any atom is -0.283 e. The summed E-state index contributed by atoms with van der Waals surface area (Å²) < 4.78 is 0. The first-order valence-electron chi connectivity index (χ1n) is 7.42. The molecule has 1 aliphatic carbocycles. The summed E-state index contributed by atoms with van der Waals surface area (Å²) >= 11 is 1.61. The van der Waals surface area contributed by atoms with Crippen molar-refractivity contribution in [3.05, 3.63) is 35.9 Å². The summed E-state index contributed by atoms with van der Waals surface area (Å²) in [6.45, 7) is 0. The van der Waals surface area contributed by atoms with Crippen molar-refractivity contribution in [3.8, 4) is 0 Å². The summed E-state index contributed by atoms with van der Waals surface area (Å²) in [6.07, 6.45) is 4.91. The molecule has 4 heteroatoms. The highest BCUT2D eigenvalue weighted by molar-refractivity contribution is 8.15. The number of carbonyl (C=O) groups excluding carboxylic acids is 1. The average Bonchev–Trinajstić information content (AvgIpc) is 2.87. The zero-order chi connectivity index (χ0) is 13.5. The molecule has 3 nitrogen and oxygen atoms in total. The summed E-state index contributed by atoms with van der Waals surface area (Å²) in [5, 5.41) is 0.965. The third-order valence-electron chi connectivity index (χ3n) is 4.68. The fourth-order valence-electron chi connectivity index (χ4n) is 3.79. The maximum Gasteiger partial charge on any atom is 0.239 e. The van der Waals surface area contributed by atoms with E-state index in [1.807, 2.05) is 11.0 Å².